The normalized spacial score (nSPS) is 18.3. The Morgan fingerprint density at radius 2 is 2.12 bits per heavy atom. The number of benzene rings is 1. The first kappa shape index (κ1) is 18.4. The molecule has 1 aromatic heterocycles. The summed E-state index contributed by atoms with van der Waals surface area (Å²) in [6.07, 6.45) is 1.62. The predicted molar refractivity (Wildman–Crippen MR) is 95.6 cm³/mol. The van der Waals surface area contributed by atoms with Crippen LogP contribution in [0.4, 0.5) is 5.69 Å². The van der Waals surface area contributed by atoms with Gasteiger partial charge >= 0.3 is 5.97 Å². The lowest BCUT2D eigenvalue weighted by Crippen LogP contribution is -2.44. The van der Waals surface area contributed by atoms with Crippen molar-refractivity contribution in [3.05, 3.63) is 30.0 Å². The highest BCUT2D eigenvalue weighted by Crippen LogP contribution is 2.26. The Kier molecular flexibility index (Phi) is 5.01. The van der Waals surface area contributed by atoms with Crippen molar-refractivity contribution in [2.24, 2.45) is 0 Å². The van der Waals surface area contributed by atoms with Crippen LogP contribution in [0.3, 0.4) is 0 Å². The Balaban J connectivity index is 1.78. The maximum Gasteiger partial charge on any atom is 0.371 e. The van der Waals surface area contributed by atoms with Crippen LogP contribution in [0.15, 0.2) is 28.7 Å². The van der Waals surface area contributed by atoms with Crippen molar-refractivity contribution in [3.8, 4) is 0 Å². The van der Waals surface area contributed by atoms with Crippen LogP contribution in [0.2, 0.25) is 0 Å². The van der Waals surface area contributed by atoms with E-state index in [0.717, 1.165) is 0 Å². The van der Waals surface area contributed by atoms with Crippen molar-refractivity contribution in [3.63, 3.8) is 0 Å². The maximum absolute atomic E-state index is 12.6. The number of nitrogens with zero attached hydrogens (tertiary/aromatic N) is 1. The zero-order chi connectivity index (χ0) is 18.9. The van der Waals surface area contributed by atoms with E-state index in [9.17, 15) is 18.0 Å². The lowest BCUT2D eigenvalue weighted by molar-refractivity contribution is -0.119. The first-order valence-corrected chi connectivity index (χ1v) is 10.00. The third kappa shape index (κ3) is 3.58. The zero-order valence-corrected chi connectivity index (χ0v) is 15.1. The third-order valence-electron chi connectivity index (χ3n) is 4.32. The smallest absolute Gasteiger partial charge is 0.371 e. The Morgan fingerprint density at radius 1 is 1.35 bits per heavy atom. The van der Waals surface area contributed by atoms with E-state index in [1.165, 1.54) is 10.4 Å². The van der Waals surface area contributed by atoms with Gasteiger partial charge in [0.25, 0.3) is 0 Å². The highest BCUT2D eigenvalue weighted by Gasteiger charge is 2.38. The van der Waals surface area contributed by atoms with E-state index in [0.29, 0.717) is 42.5 Å². The van der Waals surface area contributed by atoms with Crippen LogP contribution >= 0.6 is 0 Å². The summed E-state index contributed by atoms with van der Waals surface area (Å²) in [7, 11) is -3.45. The van der Waals surface area contributed by atoms with Gasteiger partial charge in [-0.2, -0.15) is 4.31 Å². The van der Waals surface area contributed by atoms with E-state index < -0.39 is 22.0 Å². The SMILES string of the molecule is CCCS(=O)(=O)N1CCCC1C(=O)Nc1ccc2oc(C(=O)O)cc2c1. The number of carboxylic acids is 1. The van der Waals surface area contributed by atoms with Crippen molar-refractivity contribution < 1.29 is 27.5 Å². The average molecular weight is 380 g/mol. The van der Waals surface area contributed by atoms with E-state index in [1.54, 1.807) is 25.1 Å². The van der Waals surface area contributed by atoms with Crippen LogP contribution in [0.25, 0.3) is 11.0 Å². The number of amides is 1. The molecule has 8 nitrogen and oxygen atoms in total. The van der Waals surface area contributed by atoms with Crippen LogP contribution in [0.1, 0.15) is 36.7 Å². The van der Waals surface area contributed by atoms with Crippen molar-refractivity contribution in [2.75, 3.05) is 17.6 Å². The minimum absolute atomic E-state index is 0.0235. The molecule has 2 heterocycles. The summed E-state index contributed by atoms with van der Waals surface area (Å²) in [4.78, 5) is 23.6. The Labute approximate surface area is 150 Å². The van der Waals surface area contributed by atoms with Crippen molar-refractivity contribution in [1.82, 2.24) is 4.31 Å². The van der Waals surface area contributed by atoms with E-state index in [-0.39, 0.29) is 17.4 Å². The van der Waals surface area contributed by atoms with Crippen LogP contribution in [0.5, 0.6) is 0 Å². The first-order valence-electron chi connectivity index (χ1n) is 8.39. The molecule has 1 fully saturated rings. The second-order valence-electron chi connectivity index (χ2n) is 6.24. The van der Waals surface area contributed by atoms with Gasteiger partial charge in [0.05, 0.1) is 5.75 Å². The van der Waals surface area contributed by atoms with Crippen LogP contribution in [-0.4, -0.2) is 48.0 Å². The lowest BCUT2D eigenvalue weighted by Gasteiger charge is -2.23. The molecule has 26 heavy (non-hydrogen) atoms. The van der Waals surface area contributed by atoms with Gasteiger partial charge in [0, 0.05) is 17.6 Å². The van der Waals surface area contributed by atoms with Gasteiger partial charge in [-0.1, -0.05) is 6.92 Å². The zero-order valence-electron chi connectivity index (χ0n) is 14.3. The molecular formula is C17H20N2O6S. The number of carbonyl (C=O) groups is 2. The molecule has 0 bridgehead atoms. The first-order chi connectivity index (χ1) is 12.3. The van der Waals surface area contributed by atoms with Gasteiger partial charge < -0.3 is 14.8 Å². The number of rotatable bonds is 6. The third-order valence-corrected chi connectivity index (χ3v) is 6.40. The minimum Gasteiger partial charge on any atom is -0.475 e. The second-order valence-corrected chi connectivity index (χ2v) is 8.28. The Hall–Kier alpha value is -2.39. The largest absolute Gasteiger partial charge is 0.475 e. The van der Waals surface area contributed by atoms with Gasteiger partial charge in [-0.05, 0) is 43.5 Å². The Bertz CT molecular complexity index is 949. The molecule has 1 atom stereocenters. The number of nitrogens with one attached hydrogen (secondary N) is 1. The van der Waals surface area contributed by atoms with Gasteiger partial charge in [0.2, 0.25) is 21.7 Å². The van der Waals surface area contributed by atoms with Crippen molar-refractivity contribution in [2.45, 2.75) is 32.2 Å². The standard InChI is InChI=1S/C17H20N2O6S/c1-2-8-26(23,24)19-7-3-4-13(19)16(20)18-12-5-6-14-11(9-12)10-15(25-14)17(21)22/h5-6,9-10,13H,2-4,7-8H2,1H3,(H,18,20)(H,21,22). The molecule has 1 aliphatic heterocycles. The quantitative estimate of drug-likeness (QED) is 0.794. The summed E-state index contributed by atoms with van der Waals surface area (Å²) in [5.41, 5.74) is 0.855. The van der Waals surface area contributed by atoms with Crippen LogP contribution in [-0.2, 0) is 14.8 Å². The van der Waals surface area contributed by atoms with Crippen molar-refractivity contribution >= 4 is 38.6 Å². The summed E-state index contributed by atoms with van der Waals surface area (Å²) in [6, 6.07) is 5.41. The fraction of sp³-hybridized carbons (Fsp3) is 0.412. The number of fused-ring (bicyclic) bond motifs is 1. The monoisotopic (exact) mass is 380 g/mol. The fourth-order valence-corrected chi connectivity index (χ4v) is 4.91. The van der Waals surface area contributed by atoms with Crippen molar-refractivity contribution in [1.29, 1.82) is 0 Å². The number of anilines is 1. The van der Waals surface area contributed by atoms with Crippen LogP contribution < -0.4 is 5.32 Å². The molecule has 0 saturated carbocycles. The van der Waals surface area contributed by atoms with E-state index in [2.05, 4.69) is 5.32 Å². The molecule has 9 heteroatoms. The molecule has 1 saturated heterocycles. The molecule has 1 unspecified atom stereocenters. The van der Waals surface area contributed by atoms with Gasteiger partial charge in [-0.15, -0.1) is 0 Å². The molecular weight excluding hydrogens is 360 g/mol. The number of aromatic carboxylic acids is 1. The molecule has 3 rings (SSSR count). The second kappa shape index (κ2) is 7.08. The minimum atomic E-state index is -3.45. The highest BCUT2D eigenvalue weighted by atomic mass is 32.2. The number of furan rings is 1. The summed E-state index contributed by atoms with van der Waals surface area (Å²) >= 11 is 0. The fourth-order valence-electron chi connectivity index (χ4n) is 3.16. The molecule has 0 aliphatic carbocycles. The lowest BCUT2D eigenvalue weighted by atomic mass is 10.2. The highest BCUT2D eigenvalue weighted by molar-refractivity contribution is 7.89. The predicted octanol–water partition coefficient (Wildman–Crippen LogP) is 2.27. The number of hydrogen-bond donors (Lipinski definition) is 2. The van der Waals surface area contributed by atoms with E-state index >= 15 is 0 Å². The van der Waals surface area contributed by atoms with E-state index in [1.807, 2.05) is 0 Å². The van der Waals surface area contributed by atoms with E-state index in [4.69, 9.17) is 9.52 Å². The molecule has 2 N–H and O–H groups in total. The number of carbonyl (C=O) groups excluding carboxylic acids is 1. The molecule has 140 valence electrons. The summed E-state index contributed by atoms with van der Waals surface area (Å²) in [5.74, 6) is -1.72. The molecule has 0 radical (unpaired) electrons. The van der Waals surface area contributed by atoms with Gasteiger partial charge in [-0.25, -0.2) is 13.2 Å². The topological polar surface area (TPSA) is 117 Å². The summed E-state index contributed by atoms with van der Waals surface area (Å²) in [5, 5.41) is 12.2. The molecule has 1 aromatic carbocycles. The maximum atomic E-state index is 12.6. The molecule has 0 spiro atoms. The van der Waals surface area contributed by atoms with Gasteiger partial charge in [0.15, 0.2) is 0 Å². The number of hydrogen-bond acceptors (Lipinski definition) is 5. The molecule has 1 aliphatic rings. The Morgan fingerprint density at radius 3 is 2.81 bits per heavy atom. The number of carboxylic acid groups (broad SMARTS) is 1. The molecule has 2 aromatic rings. The average Bonchev–Trinajstić information content (AvgIpc) is 3.21. The van der Waals surface area contributed by atoms with Crippen LogP contribution in [0, 0.1) is 0 Å². The molecule has 1 amide bonds. The van der Waals surface area contributed by atoms with Gasteiger partial charge in [-0.3, -0.25) is 4.79 Å². The summed E-state index contributed by atoms with van der Waals surface area (Å²) in [6.45, 7) is 2.14. The summed E-state index contributed by atoms with van der Waals surface area (Å²) < 4.78 is 31.1. The van der Waals surface area contributed by atoms with Gasteiger partial charge in [0.1, 0.15) is 11.6 Å². The number of sulfonamides is 1.